The van der Waals surface area contributed by atoms with E-state index in [1.807, 2.05) is 0 Å². The highest BCUT2D eigenvalue weighted by atomic mass is 16.4. The minimum Gasteiger partial charge on any atom is -0.409 e. The molecule has 7 nitrogen and oxygen atoms in total. The number of anilines is 1. The van der Waals surface area contributed by atoms with Crippen molar-refractivity contribution in [3.05, 3.63) is 47.3 Å². The van der Waals surface area contributed by atoms with Crippen molar-refractivity contribution in [2.24, 2.45) is 17.9 Å². The number of carbonyl (C=O) groups is 1. The molecule has 0 saturated heterocycles. The van der Waals surface area contributed by atoms with Crippen molar-refractivity contribution < 1.29 is 10.0 Å². The van der Waals surface area contributed by atoms with E-state index < -0.39 is 0 Å². The first-order valence-electron chi connectivity index (χ1n) is 6.31. The summed E-state index contributed by atoms with van der Waals surface area (Å²) in [5.74, 6) is -0.257. The van der Waals surface area contributed by atoms with E-state index in [0.29, 0.717) is 22.5 Å². The van der Waals surface area contributed by atoms with E-state index in [2.05, 4.69) is 10.3 Å². The monoisotopic (exact) mass is 287 g/mol. The smallest absolute Gasteiger partial charge is 0.261 e. The topological polar surface area (TPSA) is 96.7 Å². The Morgan fingerprint density at radius 2 is 2.05 bits per heavy atom. The summed E-state index contributed by atoms with van der Waals surface area (Å²) in [6, 6.07) is 6.95. The van der Waals surface area contributed by atoms with Crippen LogP contribution in [0.4, 0.5) is 5.69 Å². The second-order valence-electron chi connectivity index (χ2n) is 4.67. The van der Waals surface area contributed by atoms with Crippen LogP contribution in [0.2, 0.25) is 0 Å². The summed E-state index contributed by atoms with van der Waals surface area (Å²) in [4.78, 5) is 14.0. The molecule has 110 valence electrons. The van der Waals surface area contributed by atoms with Crippen LogP contribution in [-0.2, 0) is 7.05 Å². The molecule has 3 N–H and O–H groups in total. The summed E-state index contributed by atoms with van der Waals surface area (Å²) < 4.78 is 1.59. The van der Waals surface area contributed by atoms with Gasteiger partial charge in [0.2, 0.25) is 0 Å². The number of amides is 1. The van der Waals surface area contributed by atoms with Gasteiger partial charge >= 0.3 is 0 Å². The number of hydrogen-bond donors (Lipinski definition) is 2. The lowest BCUT2D eigenvalue weighted by molar-refractivity contribution is 0.0992. The molecule has 2 rings (SSSR count). The fraction of sp³-hybridized carbons (Fsp3) is 0.214. The average molecular weight is 287 g/mol. The van der Waals surface area contributed by atoms with Crippen LogP contribution in [0.15, 0.2) is 35.6 Å². The highest BCUT2D eigenvalue weighted by molar-refractivity contribution is 6.11. The highest BCUT2D eigenvalue weighted by Crippen LogP contribution is 2.21. The number of amidine groups is 1. The zero-order valence-corrected chi connectivity index (χ0v) is 12.1. The second kappa shape index (κ2) is 5.66. The number of aromatic nitrogens is 2. The molecule has 0 aliphatic rings. The number of nitrogens with zero attached hydrogens (tertiary/aromatic N) is 4. The number of aryl methyl sites for hydroxylation is 2. The van der Waals surface area contributed by atoms with E-state index >= 15 is 0 Å². The zero-order chi connectivity index (χ0) is 15.6. The van der Waals surface area contributed by atoms with Gasteiger partial charge in [-0.25, -0.2) is 0 Å². The van der Waals surface area contributed by atoms with Crippen molar-refractivity contribution in [1.82, 2.24) is 9.78 Å². The number of hydrogen-bond acceptors (Lipinski definition) is 4. The van der Waals surface area contributed by atoms with Crippen LogP contribution >= 0.6 is 0 Å². The molecular formula is C14H17N5O2. The molecule has 0 unspecified atom stereocenters. The van der Waals surface area contributed by atoms with E-state index in [0.717, 1.165) is 0 Å². The lowest BCUT2D eigenvalue weighted by Gasteiger charge is -2.19. The molecule has 0 aliphatic heterocycles. The third-order valence-corrected chi connectivity index (χ3v) is 3.20. The third-order valence-electron chi connectivity index (χ3n) is 3.20. The van der Waals surface area contributed by atoms with Crippen LogP contribution < -0.4 is 10.6 Å². The summed E-state index contributed by atoms with van der Waals surface area (Å²) in [5.41, 5.74) is 7.85. The van der Waals surface area contributed by atoms with Gasteiger partial charge in [0.15, 0.2) is 5.84 Å². The van der Waals surface area contributed by atoms with E-state index in [1.54, 1.807) is 56.2 Å². The molecule has 0 radical (unpaired) electrons. The van der Waals surface area contributed by atoms with Gasteiger partial charge in [-0.3, -0.25) is 9.48 Å². The van der Waals surface area contributed by atoms with Crippen LogP contribution in [-0.4, -0.2) is 33.8 Å². The third kappa shape index (κ3) is 2.71. The summed E-state index contributed by atoms with van der Waals surface area (Å²) >= 11 is 0. The minimum atomic E-state index is -0.209. The van der Waals surface area contributed by atoms with E-state index in [4.69, 9.17) is 10.9 Å². The van der Waals surface area contributed by atoms with Crippen LogP contribution in [0.5, 0.6) is 0 Å². The Morgan fingerprint density at radius 3 is 2.62 bits per heavy atom. The standard InChI is InChI=1S/C14H17N5O2/c1-9-11(8-18(2)16-9)14(20)19(3)12-7-5-4-6-10(12)13(15)17-21/h4-8,21H,1-3H3,(H2,15,17). The molecule has 0 fully saturated rings. The molecule has 1 aromatic heterocycles. The summed E-state index contributed by atoms with van der Waals surface area (Å²) in [5, 5.41) is 16.0. The molecule has 21 heavy (non-hydrogen) atoms. The first-order chi connectivity index (χ1) is 9.95. The SMILES string of the molecule is Cc1nn(C)cc1C(=O)N(C)c1ccccc1/C(N)=N/O. The maximum atomic E-state index is 12.6. The first kappa shape index (κ1) is 14.6. The van der Waals surface area contributed by atoms with Gasteiger partial charge < -0.3 is 15.8 Å². The van der Waals surface area contributed by atoms with Crippen molar-refractivity contribution in [2.45, 2.75) is 6.92 Å². The quantitative estimate of drug-likeness (QED) is 0.382. The summed E-state index contributed by atoms with van der Waals surface area (Å²) in [7, 11) is 3.40. The number of nitrogens with two attached hydrogens (primary N) is 1. The van der Waals surface area contributed by atoms with Crippen molar-refractivity contribution >= 4 is 17.4 Å². The highest BCUT2D eigenvalue weighted by Gasteiger charge is 2.21. The van der Waals surface area contributed by atoms with Gasteiger partial charge in [0.1, 0.15) is 0 Å². The fourth-order valence-electron chi connectivity index (χ4n) is 2.14. The van der Waals surface area contributed by atoms with Crippen molar-refractivity contribution in [3.63, 3.8) is 0 Å². The van der Waals surface area contributed by atoms with Crippen LogP contribution in [0.1, 0.15) is 21.6 Å². The van der Waals surface area contributed by atoms with E-state index in [-0.39, 0.29) is 11.7 Å². The fourth-order valence-corrected chi connectivity index (χ4v) is 2.14. The second-order valence-corrected chi connectivity index (χ2v) is 4.67. The van der Waals surface area contributed by atoms with Gasteiger partial charge in [-0.05, 0) is 19.1 Å². The molecule has 1 aromatic carbocycles. The Labute approximate surface area is 122 Å². The van der Waals surface area contributed by atoms with Gasteiger partial charge in [0.05, 0.1) is 16.9 Å². The Balaban J connectivity index is 2.43. The molecule has 2 aromatic rings. The van der Waals surface area contributed by atoms with Gasteiger partial charge in [0.25, 0.3) is 5.91 Å². The molecule has 1 heterocycles. The summed E-state index contributed by atoms with van der Waals surface area (Å²) in [6.07, 6.45) is 1.67. The van der Waals surface area contributed by atoms with Crippen molar-refractivity contribution in [1.29, 1.82) is 0 Å². The van der Waals surface area contributed by atoms with Gasteiger partial charge in [-0.1, -0.05) is 17.3 Å². The maximum Gasteiger partial charge on any atom is 0.261 e. The first-order valence-corrected chi connectivity index (χ1v) is 6.31. The number of para-hydroxylation sites is 1. The van der Waals surface area contributed by atoms with Gasteiger partial charge in [0, 0.05) is 25.9 Å². The Bertz CT molecular complexity index is 705. The minimum absolute atomic E-state index is 0.0480. The molecule has 1 amide bonds. The molecule has 0 atom stereocenters. The Morgan fingerprint density at radius 1 is 1.38 bits per heavy atom. The molecule has 7 heteroatoms. The van der Waals surface area contributed by atoms with Crippen molar-refractivity contribution in [3.8, 4) is 0 Å². The lowest BCUT2D eigenvalue weighted by atomic mass is 10.1. The number of carbonyl (C=O) groups excluding carboxylic acids is 1. The summed E-state index contributed by atoms with van der Waals surface area (Å²) in [6.45, 7) is 1.77. The van der Waals surface area contributed by atoms with E-state index in [9.17, 15) is 4.79 Å². The van der Waals surface area contributed by atoms with Crippen molar-refractivity contribution in [2.75, 3.05) is 11.9 Å². The van der Waals surface area contributed by atoms with Crippen LogP contribution in [0.3, 0.4) is 0 Å². The Hall–Kier alpha value is -2.83. The molecule has 0 aliphatic carbocycles. The van der Waals surface area contributed by atoms with Gasteiger partial charge in [-0.2, -0.15) is 5.10 Å². The predicted octanol–water partition coefficient (Wildman–Crippen LogP) is 1.10. The number of rotatable bonds is 3. The van der Waals surface area contributed by atoms with Gasteiger partial charge in [-0.15, -0.1) is 0 Å². The normalized spacial score (nSPS) is 11.5. The molecule has 0 bridgehead atoms. The largest absolute Gasteiger partial charge is 0.409 e. The van der Waals surface area contributed by atoms with E-state index in [1.165, 1.54) is 4.90 Å². The molecular weight excluding hydrogens is 270 g/mol. The number of benzene rings is 1. The maximum absolute atomic E-state index is 12.6. The molecule has 0 spiro atoms. The van der Waals surface area contributed by atoms with Crippen LogP contribution in [0.25, 0.3) is 0 Å². The zero-order valence-electron chi connectivity index (χ0n) is 12.1. The van der Waals surface area contributed by atoms with Crippen LogP contribution in [0, 0.1) is 6.92 Å². The molecule has 0 saturated carbocycles. The Kier molecular flexibility index (Phi) is 3.93. The predicted molar refractivity (Wildman–Crippen MR) is 79.6 cm³/mol. The lowest BCUT2D eigenvalue weighted by Crippen LogP contribution is -2.29. The number of oxime groups is 1. The average Bonchev–Trinajstić information content (AvgIpc) is 2.83.